The normalized spacial score (nSPS) is 11.3. The summed E-state index contributed by atoms with van der Waals surface area (Å²) in [5, 5.41) is 15.8. The van der Waals surface area contributed by atoms with E-state index in [1.54, 1.807) is 18.3 Å². The van der Waals surface area contributed by atoms with E-state index < -0.39 is 5.97 Å². The van der Waals surface area contributed by atoms with Crippen molar-refractivity contribution in [2.24, 2.45) is 0 Å². The van der Waals surface area contributed by atoms with Crippen molar-refractivity contribution >= 4 is 17.6 Å². The first-order valence-electron chi connectivity index (χ1n) is 7.85. The largest absolute Gasteiger partial charge is 0.481 e. The maximum absolute atomic E-state index is 12.4. The van der Waals surface area contributed by atoms with Gasteiger partial charge in [-0.3, -0.25) is 14.3 Å². The Morgan fingerprint density at radius 1 is 1.21 bits per heavy atom. The van der Waals surface area contributed by atoms with E-state index in [0.717, 1.165) is 11.3 Å². The van der Waals surface area contributed by atoms with Crippen molar-refractivity contribution in [2.75, 3.05) is 5.32 Å². The molecule has 1 heterocycles. The van der Waals surface area contributed by atoms with Gasteiger partial charge in [0.15, 0.2) is 0 Å². The molecule has 1 aromatic carbocycles. The molecule has 24 heavy (non-hydrogen) atoms. The number of hydrogen-bond donors (Lipinski definition) is 2. The van der Waals surface area contributed by atoms with Crippen LogP contribution in [0.2, 0.25) is 0 Å². The van der Waals surface area contributed by atoms with E-state index in [2.05, 4.69) is 10.4 Å². The molecule has 0 aliphatic carbocycles. The lowest BCUT2D eigenvalue weighted by atomic mass is 10.1. The number of benzene rings is 1. The Morgan fingerprint density at radius 2 is 1.83 bits per heavy atom. The molecule has 0 unspecified atom stereocenters. The van der Waals surface area contributed by atoms with Crippen molar-refractivity contribution in [2.45, 2.75) is 46.1 Å². The van der Waals surface area contributed by atoms with Gasteiger partial charge in [0.2, 0.25) is 0 Å². The third-order valence-corrected chi connectivity index (χ3v) is 3.73. The number of nitrogens with zero attached hydrogens (tertiary/aromatic N) is 2. The van der Waals surface area contributed by atoms with Gasteiger partial charge in [0, 0.05) is 17.8 Å². The van der Waals surface area contributed by atoms with Gasteiger partial charge in [-0.25, -0.2) is 0 Å². The minimum atomic E-state index is -0.821. The highest BCUT2D eigenvalue weighted by Gasteiger charge is 2.21. The standard InChI is InChI=1S/C18H23N3O3/c1-12-15(11-19-21(12)18(2,3)4)17(24)20-14-8-5-13(6-9-14)7-10-16(22)23/h5-6,8-9,11H,7,10H2,1-4H3,(H,20,24)(H,22,23). The van der Waals surface area contributed by atoms with Crippen molar-refractivity contribution in [3.8, 4) is 0 Å². The molecule has 0 fully saturated rings. The van der Waals surface area contributed by atoms with Crippen molar-refractivity contribution in [1.82, 2.24) is 9.78 Å². The second-order valence-electron chi connectivity index (χ2n) is 6.77. The van der Waals surface area contributed by atoms with Crippen LogP contribution in [0.4, 0.5) is 5.69 Å². The second-order valence-corrected chi connectivity index (χ2v) is 6.77. The summed E-state index contributed by atoms with van der Waals surface area (Å²) < 4.78 is 1.83. The molecule has 0 saturated heterocycles. The average Bonchev–Trinajstić information content (AvgIpc) is 2.88. The second kappa shape index (κ2) is 6.86. The van der Waals surface area contributed by atoms with Gasteiger partial charge in [0.05, 0.1) is 17.3 Å². The molecule has 0 radical (unpaired) electrons. The number of rotatable bonds is 5. The molecular weight excluding hydrogens is 306 g/mol. The topological polar surface area (TPSA) is 84.2 Å². The minimum absolute atomic E-state index is 0.0941. The fourth-order valence-electron chi connectivity index (χ4n) is 2.51. The van der Waals surface area contributed by atoms with E-state index in [1.165, 1.54) is 0 Å². The number of carboxylic acid groups (broad SMARTS) is 1. The van der Waals surface area contributed by atoms with E-state index in [4.69, 9.17) is 5.11 Å². The Kier molecular flexibility index (Phi) is 5.07. The van der Waals surface area contributed by atoms with Gasteiger partial charge >= 0.3 is 5.97 Å². The van der Waals surface area contributed by atoms with Gasteiger partial charge in [-0.05, 0) is 51.8 Å². The van der Waals surface area contributed by atoms with E-state index in [1.807, 2.05) is 44.5 Å². The molecule has 128 valence electrons. The fourth-order valence-corrected chi connectivity index (χ4v) is 2.51. The summed E-state index contributed by atoms with van der Waals surface area (Å²) in [5.41, 5.74) is 2.76. The van der Waals surface area contributed by atoms with Crippen molar-refractivity contribution in [1.29, 1.82) is 0 Å². The third-order valence-electron chi connectivity index (χ3n) is 3.73. The molecule has 2 aromatic rings. The number of aryl methyl sites for hydroxylation is 1. The zero-order valence-electron chi connectivity index (χ0n) is 14.5. The van der Waals surface area contributed by atoms with Crippen LogP contribution in [0.5, 0.6) is 0 Å². The lowest BCUT2D eigenvalue weighted by molar-refractivity contribution is -0.136. The van der Waals surface area contributed by atoms with E-state index in [0.29, 0.717) is 17.7 Å². The highest BCUT2D eigenvalue weighted by atomic mass is 16.4. The predicted molar refractivity (Wildman–Crippen MR) is 92.3 cm³/mol. The summed E-state index contributed by atoms with van der Waals surface area (Å²) in [5.74, 6) is -1.03. The van der Waals surface area contributed by atoms with Gasteiger partial charge in [0.1, 0.15) is 0 Å². The zero-order chi connectivity index (χ0) is 17.9. The fraction of sp³-hybridized carbons (Fsp3) is 0.389. The highest BCUT2D eigenvalue weighted by molar-refractivity contribution is 6.04. The Morgan fingerprint density at radius 3 is 2.33 bits per heavy atom. The first-order chi connectivity index (χ1) is 11.2. The summed E-state index contributed by atoms with van der Waals surface area (Å²) >= 11 is 0. The number of nitrogens with one attached hydrogen (secondary N) is 1. The molecule has 0 atom stereocenters. The van der Waals surface area contributed by atoms with E-state index in [9.17, 15) is 9.59 Å². The molecule has 0 bridgehead atoms. The SMILES string of the molecule is Cc1c(C(=O)Nc2ccc(CCC(=O)O)cc2)cnn1C(C)(C)C. The van der Waals surface area contributed by atoms with Crippen molar-refractivity contribution in [3.05, 3.63) is 47.3 Å². The van der Waals surface area contributed by atoms with Crippen LogP contribution in [0.25, 0.3) is 0 Å². The van der Waals surface area contributed by atoms with Gasteiger partial charge in [0.25, 0.3) is 5.91 Å². The number of carbonyl (C=O) groups excluding carboxylic acids is 1. The van der Waals surface area contributed by atoms with Gasteiger partial charge in [-0.2, -0.15) is 5.10 Å². The van der Waals surface area contributed by atoms with Crippen LogP contribution in [0.1, 0.15) is 48.8 Å². The number of carboxylic acids is 1. The summed E-state index contributed by atoms with van der Waals surface area (Å²) in [4.78, 5) is 23.0. The van der Waals surface area contributed by atoms with Gasteiger partial charge in [-0.15, -0.1) is 0 Å². The molecule has 6 heteroatoms. The molecule has 2 rings (SSSR count). The van der Waals surface area contributed by atoms with Gasteiger partial charge < -0.3 is 10.4 Å². The Labute approximate surface area is 141 Å². The molecule has 0 aliphatic heterocycles. The number of aromatic nitrogens is 2. The summed E-state index contributed by atoms with van der Waals surface area (Å²) in [6.07, 6.45) is 2.15. The van der Waals surface area contributed by atoms with Crippen LogP contribution in [-0.2, 0) is 16.8 Å². The summed E-state index contributed by atoms with van der Waals surface area (Å²) in [7, 11) is 0. The molecule has 1 aromatic heterocycles. The number of carbonyl (C=O) groups is 2. The van der Waals surface area contributed by atoms with Gasteiger partial charge in [-0.1, -0.05) is 12.1 Å². The summed E-state index contributed by atoms with van der Waals surface area (Å²) in [6.45, 7) is 7.97. The van der Waals surface area contributed by atoms with Crippen LogP contribution in [0.15, 0.2) is 30.5 Å². The zero-order valence-corrected chi connectivity index (χ0v) is 14.5. The van der Waals surface area contributed by atoms with Crippen molar-refractivity contribution < 1.29 is 14.7 Å². The summed E-state index contributed by atoms with van der Waals surface area (Å²) in [6, 6.07) is 7.20. The number of aliphatic carboxylic acids is 1. The Hall–Kier alpha value is -2.63. The number of hydrogen-bond acceptors (Lipinski definition) is 3. The smallest absolute Gasteiger partial charge is 0.303 e. The minimum Gasteiger partial charge on any atom is -0.481 e. The highest BCUT2D eigenvalue weighted by Crippen LogP contribution is 2.19. The number of amides is 1. The van der Waals surface area contributed by atoms with Crippen molar-refractivity contribution in [3.63, 3.8) is 0 Å². The monoisotopic (exact) mass is 329 g/mol. The molecule has 0 saturated carbocycles. The van der Waals surface area contributed by atoms with Crippen LogP contribution >= 0.6 is 0 Å². The maximum Gasteiger partial charge on any atom is 0.303 e. The van der Waals surface area contributed by atoms with Crippen LogP contribution < -0.4 is 5.32 Å². The van der Waals surface area contributed by atoms with E-state index in [-0.39, 0.29) is 17.9 Å². The quantitative estimate of drug-likeness (QED) is 0.882. The van der Waals surface area contributed by atoms with E-state index >= 15 is 0 Å². The lowest BCUT2D eigenvalue weighted by Crippen LogP contribution is -2.25. The number of anilines is 1. The van der Waals surface area contributed by atoms with Crippen LogP contribution in [0.3, 0.4) is 0 Å². The first-order valence-corrected chi connectivity index (χ1v) is 7.85. The Bertz CT molecular complexity index is 740. The average molecular weight is 329 g/mol. The van der Waals surface area contributed by atoms with Crippen LogP contribution in [0, 0.1) is 6.92 Å². The third kappa shape index (κ3) is 4.22. The first kappa shape index (κ1) is 17.7. The molecular formula is C18H23N3O3. The molecule has 0 spiro atoms. The maximum atomic E-state index is 12.4. The molecule has 6 nitrogen and oxygen atoms in total. The Balaban J connectivity index is 2.07. The predicted octanol–water partition coefficient (Wildman–Crippen LogP) is 3.22. The lowest BCUT2D eigenvalue weighted by Gasteiger charge is -2.21. The molecule has 0 aliphatic rings. The molecule has 1 amide bonds. The molecule has 2 N–H and O–H groups in total. The van der Waals surface area contributed by atoms with Crippen LogP contribution in [-0.4, -0.2) is 26.8 Å².